The molecule has 34 heavy (non-hydrogen) atoms. The molecule has 1 aliphatic heterocycles. The largest absolute Gasteiger partial charge is 0.485 e. The molecule has 10 heteroatoms. The van der Waals surface area contributed by atoms with Crippen LogP contribution in [0.25, 0.3) is 10.9 Å². The highest BCUT2D eigenvalue weighted by Crippen LogP contribution is 2.49. The molecule has 1 unspecified atom stereocenters. The van der Waals surface area contributed by atoms with Crippen molar-refractivity contribution in [1.29, 1.82) is 0 Å². The van der Waals surface area contributed by atoms with Crippen LogP contribution >= 0.6 is 23.2 Å². The summed E-state index contributed by atoms with van der Waals surface area (Å²) in [7, 11) is 1.29. The van der Waals surface area contributed by atoms with Gasteiger partial charge in [-0.25, -0.2) is 9.59 Å². The fourth-order valence-corrected chi connectivity index (χ4v) is 5.57. The van der Waals surface area contributed by atoms with Crippen LogP contribution in [-0.4, -0.2) is 34.6 Å². The quantitative estimate of drug-likeness (QED) is 0.428. The van der Waals surface area contributed by atoms with E-state index in [1.54, 1.807) is 30.3 Å². The summed E-state index contributed by atoms with van der Waals surface area (Å²) in [4.78, 5) is 25.1. The molecule has 0 bridgehead atoms. The zero-order chi connectivity index (χ0) is 23.9. The molecule has 3 aromatic rings. The van der Waals surface area contributed by atoms with Gasteiger partial charge in [0.15, 0.2) is 0 Å². The number of urea groups is 1. The van der Waals surface area contributed by atoms with Gasteiger partial charge in [0.2, 0.25) is 0 Å². The number of hydrogen-bond donors (Lipinski definition) is 2. The van der Waals surface area contributed by atoms with Gasteiger partial charge < -0.3 is 20.1 Å². The minimum Gasteiger partial charge on any atom is -0.485 e. The van der Waals surface area contributed by atoms with Crippen molar-refractivity contribution >= 4 is 51.9 Å². The van der Waals surface area contributed by atoms with E-state index in [1.165, 1.54) is 19.7 Å². The topological polar surface area (TPSA) is 94.5 Å². The molecule has 2 amide bonds. The Morgan fingerprint density at radius 3 is 2.76 bits per heavy atom. The molecule has 1 spiro atoms. The highest BCUT2D eigenvalue weighted by Gasteiger charge is 2.43. The highest BCUT2D eigenvalue weighted by atomic mass is 35.5. The van der Waals surface area contributed by atoms with Gasteiger partial charge in [-0.15, -0.1) is 0 Å². The second kappa shape index (κ2) is 9.00. The number of rotatable bonds is 2. The first-order chi connectivity index (χ1) is 16.4. The van der Waals surface area contributed by atoms with E-state index in [0.29, 0.717) is 38.8 Å². The van der Waals surface area contributed by atoms with E-state index in [1.807, 2.05) is 0 Å². The monoisotopic (exact) mass is 502 g/mol. The van der Waals surface area contributed by atoms with Gasteiger partial charge >= 0.3 is 12.1 Å². The Kier molecular flexibility index (Phi) is 6.04. The number of fused-ring (bicyclic) bond motifs is 2. The molecule has 8 nitrogen and oxygen atoms in total. The molecule has 1 aromatic heterocycles. The Balaban J connectivity index is 1.42. The Labute approximate surface area is 206 Å². The van der Waals surface area contributed by atoms with Crippen LogP contribution in [0.3, 0.4) is 0 Å². The lowest BCUT2D eigenvalue weighted by Crippen LogP contribution is -2.47. The van der Waals surface area contributed by atoms with Crippen LogP contribution < -0.4 is 15.4 Å². The van der Waals surface area contributed by atoms with Crippen LogP contribution in [0.2, 0.25) is 10.0 Å². The third kappa shape index (κ3) is 4.16. The highest BCUT2D eigenvalue weighted by molar-refractivity contribution is 6.35. The normalized spacial score (nSPS) is 18.7. The number of carbonyl (C=O) groups excluding carboxylic acids is 2. The summed E-state index contributed by atoms with van der Waals surface area (Å²) >= 11 is 12.8. The fraction of sp³-hybridized carbons (Fsp3) is 0.375. The molecule has 2 N–H and O–H groups in total. The van der Waals surface area contributed by atoms with Crippen molar-refractivity contribution < 1.29 is 19.1 Å². The molecule has 1 aliphatic carbocycles. The summed E-state index contributed by atoms with van der Waals surface area (Å²) < 4.78 is 12.4. The predicted octanol–water partition coefficient (Wildman–Crippen LogP) is 6.31. The van der Waals surface area contributed by atoms with E-state index >= 15 is 0 Å². The zero-order valence-electron chi connectivity index (χ0n) is 18.6. The van der Waals surface area contributed by atoms with E-state index in [4.69, 9.17) is 32.7 Å². The summed E-state index contributed by atoms with van der Waals surface area (Å²) in [6.07, 6.45) is 6.69. The minimum absolute atomic E-state index is 0.324. The Morgan fingerprint density at radius 2 is 2.00 bits per heavy atom. The van der Waals surface area contributed by atoms with Crippen molar-refractivity contribution in [2.24, 2.45) is 0 Å². The van der Waals surface area contributed by atoms with Crippen LogP contribution in [-0.2, 0) is 4.74 Å². The molecule has 178 valence electrons. The number of halogens is 2. The van der Waals surface area contributed by atoms with Gasteiger partial charge in [0, 0.05) is 22.4 Å². The van der Waals surface area contributed by atoms with Crippen molar-refractivity contribution in [3.63, 3.8) is 0 Å². The first-order valence-corrected chi connectivity index (χ1v) is 12.0. The number of hydrogen-bond acceptors (Lipinski definition) is 5. The molecule has 2 aromatic carbocycles. The maximum atomic E-state index is 13.1. The Bertz CT molecular complexity index is 1270. The predicted molar refractivity (Wildman–Crippen MR) is 130 cm³/mol. The molecule has 0 saturated heterocycles. The average Bonchev–Trinajstić information content (AvgIpc) is 3.25. The van der Waals surface area contributed by atoms with E-state index in [2.05, 4.69) is 15.7 Å². The van der Waals surface area contributed by atoms with Gasteiger partial charge in [0.1, 0.15) is 11.4 Å². The molecule has 1 fully saturated rings. The molecule has 2 aliphatic rings. The first kappa shape index (κ1) is 22.8. The second-order valence-electron chi connectivity index (χ2n) is 8.77. The molecule has 0 radical (unpaired) electrons. The van der Waals surface area contributed by atoms with Crippen LogP contribution in [0.1, 0.15) is 50.1 Å². The Hall–Kier alpha value is -2.97. The van der Waals surface area contributed by atoms with Gasteiger partial charge in [0.25, 0.3) is 0 Å². The molecular formula is C24H24Cl2N4O4. The lowest BCUT2D eigenvalue weighted by atomic mass is 9.77. The number of nitrogens with zero attached hydrogens (tertiary/aromatic N) is 2. The van der Waals surface area contributed by atoms with Crippen LogP contribution in [0.15, 0.2) is 36.5 Å². The smallest absolute Gasteiger partial charge is 0.434 e. The molecule has 2 heterocycles. The Morgan fingerprint density at radius 1 is 1.21 bits per heavy atom. The zero-order valence-corrected chi connectivity index (χ0v) is 20.1. The van der Waals surface area contributed by atoms with Gasteiger partial charge in [-0.05, 0) is 49.9 Å². The number of methoxy groups -OCH3 is 1. The molecule has 5 rings (SSSR count). The van der Waals surface area contributed by atoms with Crippen LogP contribution in [0, 0.1) is 0 Å². The number of nitrogens with one attached hydrogen (secondary N) is 2. The summed E-state index contributed by atoms with van der Waals surface area (Å²) in [6.45, 7) is 0. The molecule has 1 atom stereocenters. The van der Waals surface area contributed by atoms with Crippen molar-refractivity contribution in [2.45, 2.75) is 50.2 Å². The third-order valence-electron chi connectivity index (χ3n) is 6.59. The lowest BCUT2D eigenvalue weighted by Gasteiger charge is -2.45. The van der Waals surface area contributed by atoms with Gasteiger partial charge in [-0.3, -0.25) is 0 Å². The van der Waals surface area contributed by atoms with Crippen molar-refractivity contribution in [2.75, 3.05) is 12.4 Å². The van der Waals surface area contributed by atoms with Crippen LogP contribution in [0.5, 0.6) is 5.75 Å². The lowest BCUT2D eigenvalue weighted by molar-refractivity contribution is -0.000902. The van der Waals surface area contributed by atoms with Crippen LogP contribution in [0.4, 0.5) is 15.3 Å². The number of anilines is 1. The standard InChI is InChI=1S/C24H24Cl2N4O4/c1-33-23(32)30-20-7-5-6-18(16(20)13-27-30)28-22(31)29-19-12-24(8-3-2-4-9-24)34-21-15(19)10-14(25)11-17(21)26/h5-7,10-11,13,19H,2-4,8-9,12H2,1H3,(H2,28,29,31). The van der Waals surface area contributed by atoms with Gasteiger partial charge in [0.05, 0.1) is 35.6 Å². The number of carbonyl (C=O) groups is 2. The van der Waals surface area contributed by atoms with Crippen molar-refractivity contribution in [3.05, 3.63) is 52.1 Å². The van der Waals surface area contributed by atoms with Gasteiger partial charge in [-0.2, -0.15) is 9.78 Å². The molecular weight excluding hydrogens is 479 g/mol. The fourth-order valence-electron chi connectivity index (χ4n) is 5.03. The summed E-state index contributed by atoms with van der Waals surface area (Å²) in [6, 6.07) is 7.96. The second-order valence-corrected chi connectivity index (χ2v) is 9.62. The molecule has 1 saturated carbocycles. The number of aromatic nitrogens is 2. The van der Waals surface area contributed by atoms with E-state index < -0.39 is 12.1 Å². The first-order valence-electron chi connectivity index (χ1n) is 11.2. The van der Waals surface area contributed by atoms with Gasteiger partial charge in [-0.1, -0.05) is 35.7 Å². The maximum Gasteiger partial charge on any atom is 0.434 e. The summed E-state index contributed by atoms with van der Waals surface area (Å²) in [5, 5.41) is 11.6. The van der Waals surface area contributed by atoms with Crippen molar-refractivity contribution in [1.82, 2.24) is 15.1 Å². The minimum atomic E-state index is -0.609. The number of benzene rings is 2. The van der Waals surface area contributed by atoms with E-state index in [0.717, 1.165) is 35.9 Å². The maximum absolute atomic E-state index is 13.1. The van der Waals surface area contributed by atoms with Crippen molar-refractivity contribution in [3.8, 4) is 5.75 Å². The number of amides is 2. The summed E-state index contributed by atoms with van der Waals surface area (Å²) in [5.74, 6) is 0.589. The van der Waals surface area contributed by atoms with E-state index in [9.17, 15) is 9.59 Å². The summed E-state index contributed by atoms with van der Waals surface area (Å²) in [5.41, 5.74) is 1.46. The average molecular weight is 503 g/mol. The number of ether oxygens (including phenoxy) is 2. The third-order valence-corrected chi connectivity index (χ3v) is 7.09. The van der Waals surface area contributed by atoms with E-state index in [-0.39, 0.29) is 11.6 Å². The SMILES string of the molecule is COC(=O)n1ncc2c(NC(=O)NC3CC4(CCCCC4)Oc4c(Cl)cc(Cl)cc43)cccc21.